The van der Waals surface area contributed by atoms with Crippen LogP contribution in [-0.4, -0.2) is 44.7 Å². The van der Waals surface area contributed by atoms with E-state index in [-0.39, 0.29) is 35.7 Å². The summed E-state index contributed by atoms with van der Waals surface area (Å²) in [5, 5.41) is 25.3. The second-order valence-corrected chi connectivity index (χ2v) is 4.83. The predicted octanol–water partition coefficient (Wildman–Crippen LogP) is -1.36. The van der Waals surface area contributed by atoms with E-state index in [1.807, 2.05) is 0 Å². The Balaban J connectivity index is 2.02. The molecule has 7 nitrogen and oxygen atoms in total. The monoisotopic (exact) mass is 267 g/mol. The molecule has 0 aromatic carbocycles. The van der Waals surface area contributed by atoms with Gasteiger partial charge in [0.25, 0.3) is 11.5 Å². The maximum atomic E-state index is 11.9. The van der Waals surface area contributed by atoms with Crippen LogP contribution in [0.25, 0.3) is 0 Å². The lowest BCUT2D eigenvalue weighted by Crippen LogP contribution is -2.35. The molecule has 0 bridgehead atoms. The van der Waals surface area contributed by atoms with Crippen LogP contribution in [0.15, 0.2) is 16.9 Å². The van der Waals surface area contributed by atoms with Crippen molar-refractivity contribution in [2.24, 2.45) is 13.0 Å². The van der Waals surface area contributed by atoms with E-state index in [2.05, 4.69) is 10.4 Å². The Bertz CT molecular complexity index is 528. The highest BCUT2D eigenvalue weighted by Crippen LogP contribution is 2.25. The molecule has 19 heavy (non-hydrogen) atoms. The molecule has 1 aromatic rings. The molecule has 1 fully saturated rings. The van der Waals surface area contributed by atoms with Gasteiger partial charge in [-0.25, -0.2) is 4.68 Å². The zero-order valence-electron chi connectivity index (χ0n) is 10.6. The topological polar surface area (TPSA) is 104 Å². The van der Waals surface area contributed by atoms with Gasteiger partial charge < -0.3 is 15.5 Å². The van der Waals surface area contributed by atoms with Gasteiger partial charge in [-0.05, 0) is 18.9 Å². The van der Waals surface area contributed by atoms with E-state index >= 15 is 0 Å². The van der Waals surface area contributed by atoms with Gasteiger partial charge in [0.05, 0.1) is 6.10 Å². The maximum Gasteiger partial charge on any atom is 0.271 e. The van der Waals surface area contributed by atoms with Crippen LogP contribution in [0.2, 0.25) is 0 Å². The first-order valence-corrected chi connectivity index (χ1v) is 6.15. The van der Waals surface area contributed by atoms with Crippen molar-refractivity contribution in [3.8, 4) is 0 Å². The fourth-order valence-corrected chi connectivity index (χ4v) is 2.30. The average molecular weight is 267 g/mol. The van der Waals surface area contributed by atoms with Gasteiger partial charge in [0, 0.05) is 31.7 Å². The van der Waals surface area contributed by atoms with Crippen molar-refractivity contribution < 1.29 is 15.0 Å². The third-order valence-electron chi connectivity index (χ3n) is 3.42. The van der Waals surface area contributed by atoms with Gasteiger partial charge in [-0.1, -0.05) is 0 Å². The van der Waals surface area contributed by atoms with Crippen LogP contribution >= 0.6 is 0 Å². The summed E-state index contributed by atoms with van der Waals surface area (Å²) < 4.78 is 1.09. The first-order valence-electron chi connectivity index (χ1n) is 6.15. The fourth-order valence-electron chi connectivity index (χ4n) is 2.30. The molecular weight excluding hydrogens is 250 g/mol. The van der Waals surface area contributed by atoms with E-state index in [0.717, 1.165) is 4.68 Å². The van der Waals surface area contributed by atoms with Crippen LogP contribution < -0.4 is 10.9 Å². The molecule has 7 heteroatoms. The minimum absolute atomic E-state index is 0.0916. The number of carbonyl (C=O) groups is 1. The van der Waals surface area contributed by atoms with Gasteiger partial charge in [0.15, 0.2) is 0 Å². The second-order valence-electron chi connectivity index (χ2n) is 4.83. The maximum absolute atomic E-state index is 11.9. The molecule has 1 aromatic heterocycles. The van der Waals surface area contributed by atoms with Crippen molar-refractivity contribution in [3.63, 3.8) is 0 Å². The Morgan fingerprint density at radius 1 is 1.53 bits per heavy atom. The van der Waals surface area contributed by atoms with Gasteiger partial charge in [0.2, 0.25) is 0 Å². The Hall–Kier alpha value is -1.73. The van der Waals surface area contributed by atoms with Crippen molar-refractivity contribution in [1.29, 1.82) is 0 Å². The van der Waals surface area contributed by atoms with Crippen LogP contribution in [-0.2, 0) is 7.05 Å². The van der Waals surface area contributed by atoms with E-state index in [0.29, 0.717) is 12.8 Å². The first-order chi connectivity index (χ1) is 9.01. The average Bonchev–Trinajstić information content (AvgIpc) is 2.72. The summed E-state index contributed by atoms with van der Waals surface area (Å²) in [6.07, 6.45) is 0.362. The number of nitrogens with zero attached hydrogens (tertiary/aromatic N) is 2. The number of hydrogen-bond acceptors (Lipinski definition) is 5. The summed E-state index contributed by atoms with van der Waals surface area (Å²) in [7, 11) is 1.47. The smallest absolute Gasteiger partial charge is 0.271 e. The summed E-state index contributed by atoms with van der Waals surface area (Å²) in [6, 6.07) is 2.47. The number of carbonyl (C=O) groups excluding carboxylic acids is 1. The van der Waals surface area contributed by atoms with Gasteiger partial charge in [-0.15, -0.1) is 0 Å². The highest BCUT2D eigenvalue weighted by Gasteiger charge is 2.33. The van der Waals surface area contributed by atoms with E-state index in [1.54, 1.807) is 0 Å². The number of hydrogen-bond donors (Lipinski definition) is 3. The molecule has 2 rings (SSSR count). The van der Waals surface area contributed by atoms with Crippen molar-refractivity contribution in [2.45, 2.75) is 25.0 Å². The molecule has 3 N–H and O–H groups in total. The van der Waals surface area contributed by atoms with Crippen LogP contribution in [0.4, 0.5) is 0 Å². The van der Waals surface area contributed by atoms with E-state index in [4.69, 9.17) is 5.11 Å². The van der Waals surface area contributed by atoms with Gasteiger partial charge >= 0.3 is 0 Å². The molecule has 104 valence electrons. The Labute approximate surface area is 109 Å². The minimum atomic E-state index is -0.594. The molecule has 1 aliphatic rings. The number of aliphatic hydroxyl groups excluding tert-OH is 2. The van der Waals surface area contributed by atoms with Gasteiger partial charge in [-0.2, -0.15) is 5.10 Å². The summed E-state index contributed by atoms with van der Waals surface area (Å²) in [5.41, 5.74) is -0.128. The zero-order valence-corrected chi connectivity index (χ0v) is 10.6. The highest BCUT2D eigenvalue weighted by molar-refractivity contribution is 5.92. The summed E-state index contributed by atoms with van der Waals surface area (Å²) in [6.45, 7) is -0.0916. The van der Waals surface area contributed by atoms with Gasteiger partial charge in [0.1, 0.15) is 5.69 Å². The second kappa shape index (κ2) is 5.50. The number of nitrogens with one attached hydrogen (secondary N) is 1. The highest BCUT2D eigenvalue weighted by atomic mass is 16.3. The quantitative estimate of drug-likeness (QED) is 0.627. The lowest BCUT2D eigenvalue weighted by Gasteiger charge is -2.12. The molecule has 0 aliphatic heterocycles. The molecule has 1 heterocycles. The van der Waals surface area contributed by atoms with E-state index in [9.17, 15) is 14.7 Å². The van der Waals surface area contributed by atoms with Crippen LogP contribution in [0.5, 0.6) is 0 Å². The van der Waals surface area contributed by atoms with Crippen LogP contribution in [0.1, 0.15) is 23.3 Å². The lowest BCUT2D eigenvalue weighted by molar-refractivity contribution is 0.0902. The van der Waals surface area contributed by atoms with Crippen molar-refractivity contribution >= 4 is 5.91 Å². The number of aliphatic hydroxyl groups is 2. The molecule has 0 radical (unpaired) electrons. The third kappa shape index (κ3) is 2.99. The molecule has 1 saturated carbocycles. The standard InChI is InChI=1S/C12H17N3O4/c1-15-11(18)3-2-9(14-15)12(19)13-8-4-7(6-16)10(17)5-8/h2-3,7-8,10,16-17H,4-6H2,1H3,(H,13,19)/t7-,8-,10-/m0/s1. The Morgan fingerprint density at radius 3 is 2.84 bits per heavy atom. The SMILES string of the molecule is Cn1nc(C(=O)N[C@H]2C[C@@H](CO)[C@@H](O)C2)ccc1=O. The van der Waals surface area contributed by atoms with Crippen molar-refractivity contribution in [1.82, 2.24) is 15.1 Å². The predicted molar refractivity (Wildman–Crippen MR) is 66.5 cm³/mol. The first kappa shape index (κ1) is 13.7. The summed E-state index contributed by atoms with van der Waals surface area (Å²) >= 11 is 0. The number of aromatic nitrogens is 2. The lowest BCUT2D eigenvalue weighted by atomic mass is 10.1. The number of aryl methyl sites for hydroxylation is 1. The van der Waals surface area contributed by atoms with Crippen LogP contribution in [0, 0.1) is 5.92 Å². The zero-order chi connectivity index (χ0) is 14.0. The largest absolute Gasteiger partial charge is 0.396 e. The summed E-state index contributed by atoms with van der Waals surface area (Å²) in [4.78, 5) is 23.1. The minimum Gasteiger partial charge on any atom is -0.396 e. The van der Waals surface area contributed by atoms with Crippen molar-refractivity contribution in [3.05, 3.63) is 28.2 Å². The van der Waals surface area contributed by atoms with E-state index < -0.39 is 6.10 Å². The normalized spacial score (nSPS) is 26.4. The van der Waals surface area contributed by atoms with Gasteiger partial charge in [-0.3, -0.25) is 9.59 Å². The Kier molecular flexibility index (Phi) is 3.96. The Morgan fingerprint density at radius 2 is 2.26 bits per heavy atom. The fraction of sp³-hybridized carbons (Fsp3) is 0.583. The molecule has 0 spiro atoms. The van der Waals surface area contributed by atoms with Crippen molar-refractivity contribution in [2.75, 3.05) is 6.61 Å². The van der Waals surface area contributed by atoms with E-state index in [1.165, 1.54) is 19.2 Å². The molecule has 3 atom stereocenters. The molecule has 0 saturated heterocycles. The molecule has 1 amide bonds. The number of amides is 1. The molecule has 0 unspecified atom stereocenters. The third-order valence-corrected chi connectivity index (χ3v) is 3.42. The van der Waals surface area contributed by atoms with Crippen LogP contribution in [0.3, 0.4) is 0 Å². The number of rotatable bonds is 3. The summed E-state index contributed by atoms with van der Waals surface area (Å²) in [5.74, 6) is -0.579. The molecular formula is C12H17N3O4. The molecule has 1 aliphatic carbocycles.